The zero-order chi connectivity index (χ0) is 3.41. The molecule has 0 atom stereocenters. The number of allylic oxidation sites excluding steroid dienone is 2. The summed E-state index contributed by atoms with van der Waals surface area (Å²) < 4.78 is 0. The Kier molecular flexibility index (Phi) is 16.8. The van der Waals surface area contributed by atoms with Gasteiger partial charge in [0.05, 0.1) is 0 Å². The molecule has 0 spiro atoms. The van der Waals surface area contributed by atoms with E-state index in [4.69, 9.17) is 13.2 Å². The van der Waals surface area contributed by atoms with Crippen LogP contribution in [0.2, 0.25) is 0 Å². The van der Waals surface area contributed by atoms with Crippen molar-refractivity contribution in [1.29, 1.82) is 0 Å². The minimum absolute atomic E-state index is 0. The van der Waals surface area contributed by atoms with Crippen LogP contribution in [0, 0.1) is 13.2 Å². The molecule has 0 amide bonds. The zero-order valence-electron chi connectivity index (χ0n) is 3.02. The Balaban J connectivity index is 0. The monoisotopic (exact) mass is 190 g/mol. The molecule has 0 nitrogen and oxygen atoms in total. The Labute approximate surface area is 73.0 Å². The zero-order valence-corrected chi connectivity index (χ0v) is 7.46. The average Bonchev–Trinajstić information content (AvgIpc) is 1.37. The van der Waals surface area contributed by atoms with Gasteiger partial charge in [0.1, 0.15) is 0 Å². The molecule has 0 N–H and O–H groups in total. The molecule has 0 heterocycles. The predicted octanol–water partition coefficient (Wildman–Crippen LogP) is 0.584. The Morgan fingerprint density at radius 2 is 1.20 bits per heavy atom. The van der Waals surface area contributed by atoms with Crippen molar-refractivity contribution in [2.24, 2.45) is 0 Å². The van der Waals surface area contributed by atoms with Crippen molar-refractivity contribution >= 4 is 48.9 Å². The first-order chi connectivity index (χ1) is 1.91. The Morgan fingerprint density at radius 1 is 1.00 bits per heavy atom. The maximum absolute atomic E-state index is 4.72. The van der Waals surface area contributed by atoms with Crippen molar-refractivity contribution in [2.45, 2.75) is 0 Å². The molecule has 0 aromatic carbocycles. The van der Waals surface area contributed by atoms with Gasteiger partial charge in [0.2, 0.25) is 0 Å². The third kappa shape index (κ3) is 11.2. The van der Waals surface area contributed by atoms with Crippen molar-refractivity contribution in [3.63, 3.8) is 0 Å². The van der Waals surface area contributed by atoms with Crippen LogP contribution in [-0.4, -0.2) is 48.9 Å². The van der Waals surface area contributed by atoms with Gasteiger partial charge in [-0.3, -0.25) is 0 Å². The Hall–Kier alpha value is 1.05. The van der Waals surface area contributed by atoms with Gasteiger partial charge in [-0.25, -0.2) is 0 Å². The van der Waals surface area contributed by atoms with Crippen LogP contribution in [0.25, 0.3) is 0 Å². The first-order valence-electron chi connectivity index (χ1n) is 1.00. The standard InChI is InChI=1S/C4H4.Ba/c1-3-4-2;/h1-4H;/q-2;+2. The quantitative estimate of drug-likeness (QED) is 0.322. The fraction of sp³-hybridized carbons (Fsp3) is 0. The van der Waals surface area contributed by atoms with Gasteiger partial charge in [-0.05, 0) is 0 Å². The molecule has 0 fully saturated rings. The first-order valence-corrected chi connectivity index (χ1v) is 1.00. The number of hydrogen-bond donors (Lipinski definition) is 0. The minimum atomic E-state index is 0. The molecule has 0 saturated carbocycles. The fourth-order valence-corrected chi connectivity index (χ4v) is 0. The van der Waals surface area contributed by atoms with Gasteiger partial charge in [-0.15, -0.1) is 0 Å². The van der Waals surface area contributed by atoms with Crippen molar-refractivity contribution < 1.29 is 0 Å². The van der Waals surface area contributed by atoms with E-state index >= 15 is 0 Å². The molecule has 0 bridgehead atoms. The van der Waals surface area contributed by atoms with E-state index < -0.39 is 0 Å². The van der Waals surface area contributed by atoms with Crippen molar-refractivity contribution in [3.05, 3.63) is 25.3 Å². The van der Waals surface area contributed by atoms with Crippen LogP contribution >= 0.6 is 0 Å². The molecule has 22 valence electrons. The average molecular weight is 189 g/mol. The van der Waals surface area contributed by atoms with Gasteiger partial charge in [-0.1, -0.05) is 0 Å². The van der Waals surface area contributed by atoms with Gasteiger partial charge >= 0.3 is 48.9 Å². The fourth-order valence-electron chi connectivity index (χ4n) is 0. The van der Waals surface area contributed by atoms with Gasteiger partial charge in [-0.2, -0.15) is 0 Å². The smallest absolute Gasteiger partial charge is 0.394 e. The number of rotatable bonds is 1. The second-order valence-electron chi connectivity index (χ2n) is 0.385. The van der Waals surface area contributed by atoms with Gasteiger partial charge in [0.25, 0.3) is 0 Å². The van der Waals surface area contributed by atoms with E-state index in [-0.39, 0.29) is 48.9 Å². The van der Waals surface area contributed by atoms with E-state index in [9.17, 15) is 0 Å². The molecular weight excluding hydrogens is 185 g/mol. The number of hydrogen-bond acceptors (Lipinski definition) is 0. The molecule has 0 aliphatic heterocycles. The van der Waals surface area contributed by atoms with E-state index in [1.54, 1.807) is 0 Å². The summed E-state index contributed by atoms with van der Waals surface area (Å²) in [5, 5.41) is 0. The Morgan fingerprint density at radius 3 is 1.20 bits per heavy atom. The summed E-state index contributed by atoms with van der Waals surface area (Å²) in [6, 6.07) is 0. The molecular formula is C4H4Ba. The molecule has 1 heteroatoms. The van der Waals surface area contributed by atoms with E-state index in [0.29, 0.717) is 0 Å². The SMILES string of the molecule is [Ba+2].[CH-]=CC=[CH-]. The van der Waals surface area contributed by atoms with Crippen molar-refractivity contribution in [2.75, 3.05) is 0 Å². The summed E-state index contributed by atoms with van der Waals surface area (Å²) >= 11 is 0. The first kappa shape index (κ1) is 9.41. The van der Waals surface area contributed by atoms with E-state index in [1.807, 2.05) is 0 Å². The summed E-state index contributed by atoms with van der Waals surface area (Å²) in [5.74, 6) is 0. The maximum atomic E-state index is 4.72. The van der Waals surface area contributed by atoms with Crippen LogP contribution in [-0.2, 0) is 0 Å². The summed E-state index contributed by atoms with van der Waals surface area (Å²) in [6.45, 7) is 9.44. The molecule has 0 rings (SSSR count). The third-order valence-corrected chi connectivity index (χ3v) is 0.111. The second-order valence-corrected chi connectivity index (χ2v) is 0.385. The molecule has 0 aromatic rings. The van der Waals surface area contributed by atoms with Crippen molar-refractivity contribution in [3.8, 4) is 0 Å². The van der Waals surface area contributed by atoms with E-state index in [1.165, 1.54) is 12.2 Å². The van der Waals surface area contributed by atoms with E-state index in [2.05, 4.69) is 0 Å². The maximum Gasteiger partial charge on any atom is 2.00 e. The predicted molar refractivity (Wildman–Crippen MR) is 23.5 cm³/mol. The molecule has 0 unspecified atom stereocenters. The minimum Gasteiger partial charge on any atom is -0.394 e. The second kappa shape index (κ2) is 8.90. The summed E-state index contributed by atoms with van der Waals surface area (Å²) in [5.41, 5.74) is 0. The van der Waals surface area contributed by atoms with Crippen LogP contribution in [0.4, 0.5) is 0 Å². The van der Waals surface area contributed by atoms with Crippen molar-refractivity contribution in [1.82, 2.24) is 0 Å². The summed E-state index contributed by atoms with van der Waals surface area (Å²) in [4.78, 5) is 0. The molecule has 0 aliphatic rings. The molecule has 0 saturated heterocycles. The molecule has 0 aliphatic carbocycles. The Bertz CT molecular complexity index is 24.6. The van der Waals surface area contributed by atoms with Crippen LogP contribution in [0.5, 0.6) is 0 Å². The molecule has 0 aromatic heterocycles. The van der Waals surface area contributed by atoms with Gasteiger partial charge in [0, 0.05) is 0 Å². The van der Waals surface area contributed by atoms with E-state index in [0.717, 1.165) is 0 Å². The summed E-state index contributed by atoms with van der Waals surface area (Å²) in [6.07, 6.45) is 2.56. The normalized spacial score (nSPS) is 4.00. The largest absolute Gasteiger partial charge is 2.00 e. The van der Waals surface area contributed by atoms with Crippen LogP contribution in [0.1, 0.15) is 0 Å². The van der Waals surface area contributed by atoms with Crippen LogP contribution < -0.4 is 0 Å². The van der Waals surface area contributed by atoms with Gasteiger partial charge in [0.15, 0.2) is 0 Å². The summed E-state index contributed by atoms with van der Waals surface area (Å²) in [7, 11) is 0. The molecule has 5 heavy (non-hydrogen) atoms. The third-order valence-electron chi connectivity index (χ3n) is 0.111. The topological polar surface area (TPSA) is 0 Å². The van der Waals surface area contributed by atoms with Gasteiger partial charge < -0.3 is 25.3 Å². The van der Waals surface area contributed by atoms with Crippen LogP contribution in [0.3, 0.4) is 0 Å². The van der Waals surface area contributed by atoms with Crippen LogP contribution in [0.15, 0.2) is 12.2 Å². The molecule has 0 radical (unpaired) electrons.